The molecule has 2 rings (SSSR count). The molecule has 0 aliphatic heterocycles. The molecule has 0 aromatic carbocycles. The maximum Gasteiger partial charge on any atom is 0.283 e. The molecule has 0 unspecified atom stereocenters. The molecule has 2 heterocycles. The Labute approximate surface area is 181 Å². The summed E-state index contributed by atoms with van der Waals surface area (Å²) in [5, 5.41) is 4.51. The lowest BCUT2D eigenvalue weighted by Crippen LogP contribution is -2.30. The van der Waals surface area contributed by atoms with Gasteiger partial charge in [-0.15, -0.1) is 0 Å². The van der Waals surface area contributed by atoms with Crippen LogP contribution in [0.25, 0.3) is 0 Å². The molecule has 0 fully saturated rings. The normalized spacial score (nSPS) is 12.5. The fourth-order valence-electron chi connectivity index (χ4n) is 3.78. The number of H-pyrrole nitrogens is 2. The third-order valence-corrected chi connectivity index (χ3v) is 5.72. The van der Waals surface area contributed by atoms with Crippen LogP contribution in [-0.4, -0.2) is 21.9 Å². The lowest BCUT2D eigenvalue weighted by molar-refractivity contribution is -0.121. The van der Waals surface area contributed by atoms with Crippen LogP contribution in [0.15, 0.2) is 31.2 Å². The minimum atomic E-state index is -0.593. The van der Waals surface area contributed by atoms with Crippen molar-refractivity contribution in [1.82, 2.24) is 10.3 Å². The molecule has 2 aromatic heterocycles. The predicted octanol–water partition coefficient (Wildman–Crippen LogP) is 4.32. The number of ketones is 2. The van der Waals surface area contributed by atoms with Gasteiger partial charge in [-0.2, -0.15) is 10.3 Å². The second kappa shape index (κ2) is 10.1. The molecule has 0 radical (unpaired) electrons. The molecule has 0 atom stereocenters. The number of carbonyl (C=O) groups is 2. The number of Topliss-reactive ketones (excluding diaryl/α,β-unsaturated/α-hetero) is 2. The number of carbonyl (C=O) groups excluding carboxylic acids is 2. The summed E-state index contributed by atoms with van der Waals surface area (Å²) in [6, 6.07) is 0. The number of aromatic amines is 2. The van der Waals surface area contributed by atoms with Crippen LogP contribution in [0.4, 0.5) is 0 Å². The summed E-state index contributed by atoms with van der Waals surface area (Å²) in [6.07, 6.45) is 6.06. The van der Waals surface area contributed by atoms with E-state index in [1.165, 1.54) is 12.5 Å². The van der Waals surface area contributed by atoms with Gasteiger partial charge in [0.25, 0.3) is 11.1 Å². The molecule has 0 saturated heterocycles. The average molecular weight is 435 g/mol. The summed E-state index contributed by atoms with van der Waals surface area (Å²) in [6.45, 7) is 10.1. The second-order valence-electron chi connectivity index (χ2n) is 10.2. The standard InChI is InChI=1S/C23H34N2O6/c1-22(2,3)11-9-15(26)7-6-8-16(27)10-12-23(4,5)19(17-13-30-24-20(17)28)18-14-31-25-21(18)29/h13-14,19H,6-12H2,1-5H3,(H,24,28)(H,25,29). The Morgan fingerprint density at radius 1 is 0.806 bits per heavy atom. The highest BCUT2D eigenvalue weighted by Crippen LogP contribution is 2.42. The Kier molecular flexibility index (Phi) is 8.03. The van der Waals surface area contributed by atoms with E-state index in [9.17, 15) is 19.2 Å². The van der Waals surface area contributed by atoms with Crippen molar-refractivity contribution < 1.29 is 18.6 Å². The molecule has 172 valence electrons. The molecule has 0 saturated carbocycles. The van der Waals surface area contributed by atoms with Crippen molar-refractivity contribution in [2.24, 2.45) is 10.8 Å². The molecule has 2 aromatic rings. The van der Waals surface area contributed by atoms with Crippen LogP contribution in [0.5, 0.6) is 0 Å². The minimum Gasteiger partial charge on any atom is -0.387 e. The molecule has 0 aliphatic rings. The summed E-state index contributed by atoms with van der Waals surface area (Å²) in [7, 11) is 0. The Bertz CT molecular complexity index is 934. The van der Waals surface area contributed by atoms with Crippen LogP contribution >= 0.6 is 0 Å². The predicted molar refractivity (Wildman–Crippen MR) is 116 cm³/mol. The van der Waals surface area contributed by atoms with E-state index >= 15 is 0 Å². The van der Waals surface area contributed by atoms with Gasteiger partial charge in [0.2, 0.25) is 0 Å². The highest BCUT2D eigenvalue weighted by atomic mass is 16.5. The molecule has 2 N–H and O–H groups in total. The van der Waals surface area contributed by atoms with E-state index in [0.717, 1.165) is 6.42 Å². The van der Waals surface area contributed by atoms with E-state index < -0.39 is 22.5 Å². The van der Waals surface area contributed by atoms with Gasteiger partial charge in [0.1, 0.15) is 24.1 Å². The highest BCUT2D eigenvalue weighted by Gasteiger charge is 2.37. The molecule has 8 heteroatoms. The van der Waals surface area contributed by atoms with Gasteiger partial charge in [0.05, 0.1) is 11.1 Å². The minimum absolute atomic E-state index is 0.0673. The smallest absolute Gasteiger partial charge is 0.283 e. The molecule has 0 aliphatic carbocycles. The zero-order valence-electron chi connectivity index (χ0n) is 19.1. The average Bonchev–Trinajstić information content (AvgIpc) is 3.27. The third kappa shape index (κ3) is 7.22. The first kappa shape index (κ1) is 24.6. The summed E-state index contributed by atoms with van der Waals surface area (Å²) in [4.78, 5) is 48.8. The Morgan fingerprint density at radius 3 is 1.65 bits per heavy atom. The zero-order valence-corrected chi connectivity index (χ0v) is 19.1. The number of rotatable bonds is 12. The van der Waals surface area contributed by atoms with Gasteiger partial charge in [-0.3, -0.25) is 19.2 Å². The van der Waals surface area contributed by atoms with Crippen LogP contribution in [0, 0.1) is 10.8 Å². The summed E-state index contributed by atoms with van der Waals surface area (Å²) in [5.41, 5.74) is -0.674. The lowest BCUT2D eigenvalue weighted by atomic mass is 9.70. The van der Waals surface area contributed by atoms with Gasteiger partial charge >= 0.3 is 0 Å². The third-order valence-electron chi connectivity index (χ3n) is 5.72. The van der Waals surface area contributed by atoms with Crippen molar-refractivity contribution in [3.63, 3.8) is 0 Å². The van der Waals surface area contributed by atoms with E-state index in [2.05, 4.69) is 31.1 Å². The largest absolute Gasteiger partial charge is 0.387 e. The topological polar surface area (TPSA) is 126 Å². The Hall–Kier alpha value is -2.64. The van der Waals surface area contributed by atoms with E-state index in [0.29, 0.717) is 49.7 Å². The molecular weight excluding hydrogens is 400 g/mol. The maximum absolute atomic E-state index is 12.4. The van der Waals surface area contributed by atoms with Gasteiger partial charge in [-0.25, -0.2) is 0 Å². The van der Waals surface area contributed by atoms with Gasteiger partial charge in [0.15, 0.2) is 0 Å². The van der Waals surface area contributed by atoms with Crippen molar-refractivity contribution in [1.29, 1.82) is 0 Å². The van der Waals surface area contributed by atoms with Crippen molar-refractivity contribution in [2.75, 3.05) is 0 Å². The van der Waals surface area contributed by atoms with Crippen molar-refractivity contribution in [2.45, 2.75) is 85.5 Å². The van der Waals surface area contributed by atoms with Gasteiger partial charge in [0, 0.05) is 31.6 Å². The first-order valence-electron chi connectivity index (χ1n) is 10.8. The fourth-order valence-corrected chi connectivity index (χ4v) is 3.78. The number of aromatic nitrogens is 2. The van der Waals surface area contributed by atoms with E-state index in [4.69, 9.17) is 9.05 Å². The van der Waals surface area contributed by atoms with Crippen molar-refractivity contribution in [3.05, 3.63) is 44.4 Å². The van der Waals surface area contributed by atoms with Crippen LogP contribution in [0.3, 0.4) is 0 Å². The molecule has 0 spiro atoms. The van der Waals surface area contributed by atoms with Gasteiger partial charge < -0.3 is 9.05 Å². The zero-order chi connectivity index (χ0) is 23.2. The van der Waals surface area contributed by atoms with Gasteiger partial charge in [-0.1, -0.05) is 34.6 Å². The lowest BCUT2D eigenvalue weighted by Gasteiger charge is -2.32. The van der Waals surface area contributed by atoms with Crippen LogP contribution in [0.1, 0.15) is 96.6 Å². The monoisotopic (exact) mass is 434 g/mol. The summed E-state index contributed by atoms with van der Waals surface area (Å²) in [5.74, 6) is -0.330. The Balaban J connectivity index is 1.94. The number of hydrogen-bond donors (Lipinski definition) is 2. The summed E-state index contributed by atoms with van der Waals surface area (Å²) < 4.78 is 9.84. The second-order valence-corrected chi connectivity index (χ2v) is 10.2. The number of hydrogen-bond acceptors (Lipinski definition) is 6. The molecule has 8 nitrogen and oxygen atoms in total. The molecule has 0 bridgehead atoms. The molecule has 0 amide bonds. The first-order chi connectivity index (χ1) is 14.4. The summed E-state index contributed by atoms with van der Waals surface area (Å²) >= 11 is 0. The van der Waals surface area contributed by atoms with Crippen LogP contribution in [-0.2, 0) is 9.59 Å². The quantitative estimate of drug-likeness (QED) is 0.512. The molecular formula is C23H34N2O6. The van der Waals surface area contributed by atoms with Crippen molar-refractivity contribution >= 4 is 11.6 Å². The fraction of sp³-hybridized carbons (Fsp3) is 0.652. The number of nitrogens with one attached hydrogen (secondary N) is 2. The van der Waals surface area contributed by atoms with Crippen LogP contribution in [0.2, 0.25) is 0 Å². The maximum atomic E-state index is 12.4. The van der Waals surface area contributed by atoms with E-state index in [1.807, 2.05) is 13.8 Å². The van der Waals surface area contributed by atoms with Gasteiger partial charge in [-0.05, 0) is 30.1 Å². The van der Waals surface area contributed by atoms with E-state index in [-0.39, 0.29) is 17.0 Å². The Morgan fingerprint density at radius 2 is 1.26 bits per heavy atom. The molecule has 31 heavy (non-hydrogen) atoms. The first-order valence-corrected chi connectivity index (χ1v) is 10.8. The SMILES string of the molecule is CC(C)(C)CCC(=O)CCCC(=O)CCC(C)(C)C(c1co[nH]c1=O)c1co[nH]c1=O. The van der Waals surface area contributed by atoms with E-state index in [1.54, 1.807) is 0 Å². The highest BCUT2D eigenvalue weighted by molar-refractivity contribution is 5.81. The van der Waals surface area contributed by atoms with Crippen LogP contribution < -0.4 is 11.1 Å². The van der Waals surface area contributed by atoms with Crippen molar-refractivity contribution in [3.8, 4) is 0 Å².